The molecule has 0 fully saturated rings. The van der Waals surface area contributed by atoms with Gasteiger partial charge in [0.25, 0.3) is 0 Å². The average Bonchev–Trinajstić information content (AvgIpc) is 2.56. The van der Waals surface area contributed by atoms with Gasteiger partial charge in [0, 0.05) is 0 Å². The third kappa shape index (κ3) is 4.00. The van der Waals surface area contributed by atoms with E-state index < -0.39 is 0 Å². The van der Waals surface area contributed by atoms with Crippen LogP contribution in [0, 0.1) is 12.1 Å². The third-order valence-electron chi connectivity index (χ3n) is 3.14. The Morgan fingerprint density at radius 1 is 0.476 bits per heavy atom. The van der Waals surface area contributed by atoms with Crippen molar-refractivity contribution in [2.24, 2.45) is 0 Å². The molecule has 4 aromatic carbocycles. The fourth-order valence-electron chi connectivity index (χ4n) is 2.13. The molecule has 1 radical (unpaired) electrons. The molecule has 0 aliphatic carbocycles. The number of rotatable bonds is 0. The van der Waals surface area contributed by atoms with Crippen LogP contribution >= 0.6 is 0 Å². The monoisotopic (exact) mass is 357 g/mol. The maximum Gasteiger partial charge on any atom is 2.00 e. The van der Waals surface area contributed by atoms with E-state index in [1.165, 1.54) is 21.5 Å². The Bertz CT molecular complexity index is 619. The predicted octanol–water partition coefficient (Wildman–Crippen LogP) is 5.28. The van der Waals surface area contributed by atoms with Crippen molar-refractivity contribution in [3.05, 3.63) is 97.1 Å². The van der Waals surface area contributed by atoms with Crippen LogP contribution < -0.4 is 0 Å². The summed E-state index contributed by atoms with van der Waals surface area (Å²) in [6, 6.07) is 34.8. The molecule has 0 saturated carbocycles. The van der Waals surface area contributed by atoms with E-state index in [9.17, 15) is 0 Å². The molecule has 0 nitrogen and oxygen atoms in total. The molecular formula is C20H14Rh. The van der Waals surface area contributed by atoms with Crippen molar-refractivity contribution in [1.82, 2.24) is 0 Å². The maximum atomic E-state index is 3.15. The summed E-state index contributed by atoms with van der Waals surface area (Å²) >= 11 is 0. The minimum absolute atomic E-state index is 0. The molecule has 0 bridgehead atoms. The number of fused-ring (bicyclic) bond motifs is 2. The largest absolute Gasteiger partial charge is 2.00 e. The molecule has 103 valence electrons. The predicted molar refractivity (Wildman–Crippen MR) is 85.6 cm³/mol. The summed E-state index contributed by atoms with van der Waals surface area (Å²) in [6.07, 6.45) is 0. The topological polar surface area (TPSA) is 0 Å². The van der Waals surface area contributed by atoms with E-state index in [0.717, 1.165) is 0 Å². The van der Waals surface area contributed by atoms with Crippen molar-refractivity contribution in [2.45, 2.75) is 0 Å². The van der Waals surface area contributed by atoms with E-state index >= 15 is 0 Å². The van der Waals surface area contributed by atoms with Crippen LogP contribution in [0.4, 0.5) is 0 Å². The zero-order valence-electron chi connectivity index (χ0n) is 11.4. The van der Waals surface area contributed by atoms with Crippen LogP contribution in [-0.2, 0) is 19.5 Å². The zero-order valence-corrected chi connectivity index (χ0v) is 13.1. The van der Waals surface area contributed by atoms with E-state index in [0.29, 0.717) is 0 Å². The molecule has 0 spiro atoms. The first-order chi connectivity index (χ1) is 9.93. The van der Waals surface area contributed by atoms with Gasteiger partial charge >= 0.3 is 19.5 Å². The molecule has 0 aromatic heterocycles. The van der Waals surface area contributed by atoms with Gasteiger partial charge in [0.1, 0.15) is 0 Å². The Morgan fingerprint density at radius 2 is 0.857 bits per heavy atom. The first-order valence-corrected chi connectivity index (χ1v) is 6.64. The van der Waals surface area contributed by atoms with Gasteiger partial charge in [-0.3, -0.25) is 0 Å². The van der Waals surface area contributed by atoms with E-state index in [-0.39, 0.29) is 19.5 Å². The Labute approximate surface area is 138 Å². The van der Waals surface area contributed by atoms with Gasteiger partial charge in [-0.25, -0.2) is 0 Å². The summed E-state index contributed by atoms with van der Waals surface area (Å²) in [5.41, 5.74) is 0. The molecule has 4 aromatic rings. The van der Waals surface area contributed by atoms with Crippen LogP contribution in [0.15, 0.2) is 84.9 Å². The van der Waals surface area contributed by atoms with Crippen molar-refractivity contribution in [3.63, 3.8) is 0 Å². The molecule has 0 aliphatic rings. The van der Waals surface area contributed by atoms with Gasteiger partial charge in [-0.1, -0.05) is 24.3 Å². The SMILES string of the molecule is [Rh+2].[c-]1cccc2ccccc12.[c-]1cccc2ccccc12. The second-order valence-corrected chi connectivity index (χ2v) is 4.51. The molecule has 0 atom stereocenters. The number of benzene rings is 4. The molecule has 0 heterocycles. The van der Waals surface area contributed by atoms with Crippen LogP contribution in [0.2, 0.25) is 0 Å². The van der Waals surface area contributed by atoms with E-state index in [2.05, 4.69) is 48.5 Å². The molecule has 0 unspecified atom stereocenters. The zero-order chi connectivity index (χ0) is 13.6. The van der Waals surface area contributed by atoms with Crippen LogP contribution in [0.5, 0.6) is 0 Å². The molecule has 1 heteroatoms. The van der Waals surface area contributed by atoms with Gasteiger partial charge in [-0.15, -0.1) is 94.3 Å². The van der Waals surface area contributed by atoms with Gasteiger partial charge in [0.15, 0.2) is 0 Å². The molecule has 4 rings (SSSR count). The van der Waals surface area contributed by atoms with Gasteiger partial charge in [0.05, 0.1) is 0 Å². The molecule has 0 amide bonds. The Balaban J connectivity index is 0.000000147. The van der Waals surface area contributed by atoms with Crippen LogP contribution in [0.1, 0.15) is 0 Å². The van der Waals surface area contributed by atoms with Gasteiger partial charge < -0.3 is 0 Å². The number of hydrogen-bond donors (Lipinski definition) is 0. The summed E-state index contributed by atoms with van der Waals surface area (Å²) < 4.78 is 0. The summed E-state index contributed by atoms with van der Waals surface area (Å²) in [5.74, 6) is 0. The van der Waals surface area contributed by atoms with Crippen molar-refractivity contribution in [2.75, 3.05) is 0 Å². The third-order valence-corrected chi connectivity index (χ3v) is 3.14. The van der Waals surface area contributed by atoms with Gasteiger partial charge in [-0.05, 0) is 0 Å². The van der Waals surface area contributed by atoms with E-state index in [1.807, 2.05) is 48.5 Å². The fraction of sp³-hybridized carbons (Fsp3) is 0. The quantitative estimate of drug-likeness (QED) is 0.297. The standard InChI is InChI=1S/2C10H7.Rh/c2*1-2-6-10-8-4-3-7-9(10)5-1;/h2*1-7H;/q2*-1;+2. The summed E-state index contributed by atoms with van der Waals surface area (Å²) in [6.45, 7) is 0. The minimum Gasteiger partial charge on any atom is -0.147 e. The fourth-order valence-corrected chi connectivity index (χ4v) is 2.13. The van der Waals surface area contributed by atoms with Crippen LogP contribution in [-0.4, -0.2) is 0 Å². The second kappa shape index (κ2) is 7.71. The molecule has 0 saturated heterocycles. The van der Waals surface area contributed by atoms with E-state index in [4.69, 9.17) is 0 Å². The van der Waals surface area contributed by atoms with E-state index in [1.54, 1.807) is 0 Å². The Morgan fingerprint density at radius 3 is 1.29 bits per heavy atom. The number of hydrogen-bond acceptors (Lipinski definition) is 0. The first kappa shape index (κ1) is 15.4. The van der Waals surface area contributed by atoms with Gasteiger partial charge in [-0.2, -0.15) is 0 Å². The molecule has 0 aliphatic heterocycles. The van der Waals surface area contributed by atoms with Crippen molar-refractivity contribution < 1.29 is 19.5 Å². The van der Waals surface area contributed by atoms with Crippen LogP contribution in [0.25, 0.3) is 21.5 Å². The van der Waals surface area contributed by atoms with Crippen LogP contribution in [0.3, 0.4) is 0 Å². The summed E-state index contributed by atoms with van der Waals surface area (Å²) in [4.78, 5) is 0. The Kier molecular flexibility index (Phi) is 5.66. The van der Waals surface area contributed by atoms with Crippen molar-refractivity contribution in [1.29, 1.82) is 0 Å². The van der Waals surface area contributed by atoms with Gasteiger partial charge in [0.2, 0.25) is 0 Å². The Hall–Kier alpha value is -1.98. The van der Waals surface area contributed by atoms with Crippen molar-refractivity contribution >= 4 is 21.5 Å². The normalized spacial score (nSPS) is 9.52. The summed E-state index contributed by atoms with van der Waals surface area (Å²) in [7, 11) is 0. The molecule has 21 heavy (non-hydrogen) atoms. The second-order valence-electron chi connectivity index (χ2n) is 4.51. The molecular weight excluding hydrogens is 343 g/mol. The average molecular weight is 357 g/mol. The first-order valence-electron chi connectivity index (χ1n) is 6.64. The smallest absolute Gasteiger partial charge is 0.147 e. The molecule has 0 N–H and O–H groups in total. The summed E-state index contributed by atoms with van der Waals surface area (Å²) in [5, 5.41) is 4.88. The minimum atomic E-state index is 0. The maximum absolute atomic E-state index is 3.15. The van der Waals surface area contributed by atoms with Crippen molar-refractivity contribution in [3.8, 4) is 0 Å².